The lowest BCUT2D eigenvalue weighted by Gasteiger charge is -2.22. The number of carbonyl (C=O) groups is 1. The van der Waals surface area contributed by atoms with Crippen molar-refractivity contribution in [2.45, 2.75) is 32.7 Å². The summed E-state index contributed by atoms with van der Waals surface area (Å²) in [5, 5.41) is 9.34. The van der Waals surface area contributed by atoms with Crippen molar-refractivity contribution in [3.8, 4) is 0 Å². The van der Waals surface area contributed by atoms with E-state index < -0.39 is 5.97 Å². The zero-order valence-electron chi connectivity index (χ0n) is 12.4. The number of para-hydroxylation sites is 1. The van der Waals surface area contributed by atoms with E-state index in [1.807, 2.05) is 6.07 Å². The highest BCUT2D eigenvalue weighted by Crippen LogP contribution is 2.31. The molecule has 1 N–H and O–H groups in total. The number of aryl methyl sites for hydroxylation is 1. The molecule has 0 saturated carbocycles. The third kappa shape index (κ3) is 2.31. The molecule has 1 aromatic heterocycles. The summed E-state index contributed by atoms with van der Waals surface area (Å²) in [4.78, 5) is 16.0. The average molecular weight is 288 g/mol. The number of fused-ring (bicyclic) bond motifs is 1. The molecule has 5 heteroatoms. The highest BCUT2D eigenvalue weighted by atomic mass is 16.5. The first kappa shape index (κ1) is 14.1. The zero-order valence-corrected chi connectivity index (χ0v) is 12.4. The molecule has 0 amide bonds. The third-order valence-electron chi connectivity index (χ3n) is 4.39. The molecule has 0 bridgehead atoms. The Labute approximate surface area is 123 Å². The van der Waals surface area contributed by atoms with Crippen LogP contribution < -0.4 is 0 Å². The zero-order chi connectivity index (χ0) is 15.0. The number of rotatable bonds is 4. The molecule has 112 valence electrons. The number of nitrogens with zero attached hydrogens (tertiary/aromatic N) is 2. The van der Waals surface area contributed by atoms with Gasteiger partial charge in [-0.05, 0) is 25.5 Å². The second-order valence-electron chi connectivity index (χ2n) is 5.59. The fourth-order valence-electron chi connectivity index (χ4n) is 3.19. The van der Waals surface area contributed by atoms with Crippen LogP contribution >= 0.6 is 0 Å². The Morgan fingerprint density at radius 3 is 3.00 bits per heavy atom. The van der Waals surface area contributed by atoms with Crippen LogP contribution in [0.25, 0.3) is 11.0 Å². The van der Waals surface area contributed by atoms with E-state index in [-0.39, 0.29) is 11.6 Å². The van der Waals surface area contributed by atoms with Crippen molar-refractivity contribution in [1.29, 1.82) is 0 Å². The normalized spacial score (nSPS) is 20.0. The summed E-state index contributed by atoms with van der Waals surface area (Å²) in [6.07, 6.45) is 1.83. The van der Waals surface area contributed by atoms with Crippen LogP contribution in [-0.4, -0.2) is 33.8 Å². The summed E-state index contributed by atoms with van der Waals surface area (Å²) in [5.41, 5.74) is 1.77. The molecule has 5 nitrogen and oxygen atoms in total. The van der Waals surface area contributed by atoms with Crippen LogP contribution in [0.1, 0.15) is 42.5 Å². The first-order valence-electron chi connectivity index (χ1n) is 7.44. The molecular formula is C16H20N2O3. The third-order valence-corrected chi connectivity index (χ3v) is 4.39. The van der Waals surface area contributed by atoms with Gasteiger partial charge >= 0.3 is 5.97 Å². The summed E-state index contributed by atoms with van der Waals surface area (Å²) >= 11 is 0. The number of imidazole rings is 1. The SMILES string of the molecule is CCc1nc2c(C(=O)O)cccc2n1C(C)C1CCOC1. The first-order valence-corrected chi connectivity index (χ1v) is 7.44. The number of benzene rings is 1. The maximum absolute atomic E-state index is 11.4. The fraction of sp³-hybridized carbons (Fsp3) is 0.500. The molecule has 1 fully saturated rings. The van der Waals surface area contributed by atoms with Crippen molar-refractivity contribution >= 4 is 17.0 Å². The number of aromatic carboxylic acids is 1. The molecule has 2 atom stereocenters. The molecule has 0 aliphatic carbocycles. The van der Waals surface area contributed by atoms with Crippen molar-refractivity contribution in [2.75, 3.05) is 13.2 Å². The lowest BCUT2D eigenvalue weighted by molar-refractivity contribution is 0.0699. The fourth-order valence-corrected chi connectivity index (χ4v) is 3.19. The van der Waals surface area contributed by atoms with E-state index in [0.717, 1.165) is 37.4 Å². The first-order chi connectivity index (χ1) is 10.1. The average Bonchev–Trinajstić information content (AvgIpc) is 3.12. The molecule has 1 aliphatic rings. The Hall–Kier alpha value is -1.88. The highest BCUT2D eigenvalue weighted by molar-refractivity contribution is 6.01. The standard InChI is InChI=1S/C16H20N2O3/c1-3-14-17-15-12(16(19)20)5-4-6-13(15)18(14)10(2)11-7-8-21-9-11/h4-6,10-11H,3,7-9H2,1-2H3,(H,19,20). The minimum atomic E-state index is -0.926. The molecule has 0 radical (unpaired) electrons. The second kappa shape index (κ2) is 5.48. The Bertz CT molecular complexity index is 671. The van der Waals surface area contributed by atoms with Gasteiger partial charge in [0.2, 0.25) is 0 Å². The summed E-state index contributed by atoms with van der Waals surface area (Å²) in [6.45, 7) is 5.80. The molecule has 3 rings (SSSR count). The number of carboxylic acids is 1. The van der Waals surface area contributed by atoms with Crippen molar-refractivity contribution < 1.29 is 14.6 Å². The largest absolute Gasteiger partial charge is 0.478 e. The van der Waals surface area contributed by atoms with Gasteiger partial charge in [-0.15, -0.1) is 0 Å². The summed E-state index contributed by atoms with van der Waals surface area (Å²) < 4.78 is 7.69. The molecule has 1 aromatic carbocycles. The van der Waals surface area contributed by atoms with Gasteiger partial charge < -0.3 is 14.4 Å². The number of aromatic nitrogens is 2. The molecule has 2 heterocycles. The van der Waals surface area contributed by atoms with Crippen molar-refractivity contribution in [1.82, 2.24) is 9.55 Å². The number of hydrogen-bond donors (Lipinski definition) is 1. The maximum atomic E-state index is 11.4. The minimum absolute atomic E-state index is 0.261. The number of carboxylic acid groups (broad SMARTS) is 1. The van der Waals surface area contributed by atoms with Gasteiger partial charge in [-0.1, -0.05) is 13.0 Å². The molecule has 2 unspecified atom stereocenters. The van der Waals surface area contributed by atoms with Crippen LogP contribution in [0, 0.1) is 5.92 Å². The van der Waals surface area contributed by atoms with Crippen LogP contribution in [0.4, 0.5) is 0 Å². The monoisotopic (exact) mass is 288 g/mol. The van der Waals surface area contributed by atoms with Crippen molar-refractivity contribution in [2.24, 2.45) is 5.92 Å². The predicted molar refractivity (Wildman–Crippen MR) is 79.7 cm³/mol. The van der Waals surface area contributed by atoms with Gasteiger partial charge in [-0.3, -0.25) is 0 Å². The topological polar surface area (TPSA) is 64.3 Å². The van der Waals surface area contributed by atoms with Gasteiger partial charge in [0.1, 0.15) is 11.3 Å². The Kier molecular flexibility index (Phi) is 3.68. The van der Waals surface area contributed by atoms with Crippen molar-refractivity contribution in [3.05, 3.63) is 29.6 Å². The van der Waals surface area contributed by atoms with E-state index in [0.29, 0.717) is 11.4 Å². The van der Waals surface area contributed by atoms with Gasteiger partial charge in [-0.2, -0.15) is 0 Å². The van der Waals surface area contributed by atoms with E-state index in [9.17, 15) is 9.90 Å². The summed E-state index contributed by atoms with van der Waals surface area (Å²) in [5.74, 6) is 0.476. The van der Waals surface area contributed by atoms with E-state index in [2.05, 4.69) is 23.4 Å². The smallest absolute Gasteiger partial charge is 0.337 e. The second-order valence-corrected chi connectivity index (χ2v) is 5.59. The van der Waals surface area contributed by atoms with Crippen LogP contribution in [0.3, 0.4) is 0 Å². The van der Waals surface area contributed by atoms with E-state index in [1.54, 1.807) is 12.1 Å². The molecule has 1 aliphatic heterocycles. The van der Waals surface area contributed by atoms with Crippen LogP contribution in [0.15, 0.2) is 18.2 Å². The molecule has 21 heavy (non-hydrogen) atoms. The highest BCUT2D eigenvalue weighted by Gasteiger charge is 2.27. The number of ether oxygens (including phenoxy) is 1. The van der Waals surface area contributed by atoms with Gasteiger partial charge in [0, 0.05) is 25.0 Å². The lowest BCUT2D eigenvalue weighted by atomic mass is 10.00. The van der Waals surface area contributed by atoms with Crippen LogP contribution in [0.2, 0.25) is 0 Å². The van der Waals surface area contributed by atoms with Gasteiger partial charge in [0.25, 0.3) is 0 Å². The minimum Gasteiger partial charge on any atom is -0.478 e. The van der Waals surface area contributed by atoms with E-state index in [4.69, 9.17) is 4.74 Å². The summed E-state index contributed by atoms with van der Waals surface area (Å²) in [6, 6.07) is 5.63. The van der Waals surface area contributed by atoms with E-state index >= 15 is 0 Å². The molecule has 0 spiro atoms. The molecule has 1 saturated heterocycles. The van der Waals surface area contributed by atoms with Crippen LogP contribution in [0.5, 0.6) is 0 Å². The lowest BCUT2D eigenvalue weighted by Crippen LogP contribution is -2.18. The predicted octanol–water partition coefficient (Wildman–Crippen LogP) is 2.89. The van der Waals surface area contributed by atoms with Gasteiger partial charge in [0.15, 0.2) is 0 Å². The Balaban J connectivity index is 2.16. The molecule has 2 aromatic rings. The van der Waals surface area contributed by atoms with Gasteiger partial charge in [0.05, 0.1) is 17.7 Å². The Morgan fingerprint density at radius 2 is 2.38 bits per heavy atom. The maximum Gasteiger partial charge on any atom is 0.337 e. The summed E-state index contributed by atoms with van der Waals surface area (Å²) in [7, 11) is 0. The number of hydrogen-bond acceptors (Lipinski definition) is 3. The van der Waals surface area contributed by atoms with Crippen LogP contribution in [-0.2, 0) is 11.2 Å². The van der Waals surface area contributed by atoms with Gasteiger partial charge in [-0.25, -0.2) is 9.78 Å². The quantitative estimate of drug-likeness (QED) is 0.939. The molecular weight excluding hydrogens is 268 g/mol. The van der Waals surface area contributed by atoms with Crippen molar-refractivity contribution in [3.63, 3.8) is 0 Å². The van der Waals surface area contributed by atoms with E-state index in [1.165, 1.54) is 0 Å². The Morgan fingerprint density at radius 1 is 1.57 bits per heavy atom.